The summed E-state index contributed by atoms with van der Waals surface area (Å²) >= 11 is 0. The number of rotatable bonds is 19. The van der Waals surface area contributed by atoms with E-state index in [9.17, 15) is 4.79 Å². The molecule has 1 aliphatic rings. The third-order valence-electron chi connectivity index (χ3n) is 8.85. The van der Waals surface area contributed by atoms with Gasteiger partial charge in [-0.3, -0.25) is 0 Å². The lowest BCUT2D eigenvalue weighted by Crippen LogP contribution is -2.52. The Kier molecular flexibility index (Phi) is 13.2. The van der Waals surface area contributed by atoms with Gasteiger partial charge in [0.15, 0.2) is 6.61 Å². The molecule has 206 valence electrons. The lowest BCUT2D eigenvalue weighted by Gasteiger charge is -2.52. The molecule has 2 rings (SSSR count). The summed E-state index contributed by atoms with van der Waals surface area (Å²) in [5.41, 5.74) is 0.845. The highest BCUT2D eigenvalue weighted by atomic mass is 16.5. The Morgan fingerprint density at radius 1 is 0.861 bits per heavy atom. The molecule has 1 heterocycles. The molecule has 0 spiro atoms. The topological polar surface area (TPSA) is 55.8 Å². The summed E-state index contributed by atoms with van der Waals surface area (Å²) in [6.07, 6.45) is 21.7. The molecule has 36 heavy (non-hydrogen) atoms. The second-order valence-electron chi connectivity index (χ2n) is 11.9. The van der Waals surface area contributed by atoms with Gasteiger partial charge < -0.3 is 14.6 Å². The van der Waals surface area contributed by atoms with E-state index in [0.29, 0.717) is 5.75 Å². The maximum atomic E-state index is 10.8. The van der Waals surface area contributed by atoms with Crippen molar-refractivity contribution in [2.24, 2.45) is 5.41 Å². The van der Waals surface area contributed by atoms with Crippen LogP contribution >= 0.6 is 0 Å². The summed E-state index contributed by atoms with van der Waals surface area (Å²) in [7, 11) is 0. The average Bonchev–Trinajstić information content (AvgIpc) is 2.84. The van der Waals surface area contributed by atoms with Crippen LogP contribution in [0, 0.1) is 5.41 Å². The minimum atomic E-state index is -0.964. The first-order valence-corrected chi connectivity index (χ1v) is 14.9. The Labute approximate surface area is 221 Å². The summed E-state index contributed by atoms with van der Waals surface area (Å²) in [4.78, 5) is 10.8. The second-order valence-corrected chi connectivity index (χ2v) is 11.9. The minimum absolute atomic E-state index is 0.0403. The van der Waals surface area contributed by atoms with Crippen molar-refractivity contribution < 1.29 is 19.4 Å². The third kappa shape index (κ3) is 9.30. The third-order valence-corrected chi connectivity index (χ3v) is 8.85. The first kappa shape index (κ1) is 30.5. The molecule has 0 saturated heterocycles. The molecule has 0 saturated carbocycles. The van der Waals surface area contributed by atoms with E-state index in [2.05, 4.69) is 34.6 Å². The highest BCUT2D eigenvalue weighted by molar-refractivity contribution is 5.68. The van der Waals surface area contributed by atoms with Gasteiger partial charge in [-0.25, -0.2) is 4.79 Å². The van der Waals surface area contributed by atoms with E-state index < -0.39 is 5.97 Å². The number of benzene rings is 1. The fraction of sp³-hybridized carbons (Fsp3) is 0.781. The summed E-state index contributed by atoms with van der Waals surface area (Å²) in [6, 6.07) is 5.72. The van der Waals surface area contributed by atoms with Gasteiger partial charge in [0.05, 0.1) is 0 Å². The predicted molar refractivity (Wildman–Crippen MR) is 150 cm³/mol. The molecule has 0 aliphatic carbocycles. The number of hydrogen-bond acceptors (Lipinski definition) is 3. The highest BCUT2D eigenvalue weighted by Gasteiger charge is 2.50. The smallest absolute Gasteiger partial charge is 0.341 e. The lowest BCUT2D eigenvalue weighted by molar-refractivity contribution is -0.139. The molecule has 0 fully saturated rings. The second kappa shape index (κ2) is 15.5. The van der Waals surface area contributed by atoms with Crippen LogP contribution in [0.2, 0.25) is 0 Å². The normalized spacial score (nSPS) is 20.5. The maximum absolute atomic E-state index is 10.8. The Morgan fingerprint density at radius 3 is 1.86 bits per heavy atom. The molecule has 0 radical (unpaired) electrons. The van der Waals surface area contributed by atoms with Crippen molar-refractivity contribution in [3.63, 3.8) is 0 Å². The van der Waals surface area contributed by atoms with Crippen LogP contribution in [0.15, 0.2) is 18.2 Å². The minimum Gasteiger partial charge on any atom is -0.487 e. The molecule has 0 bridgehead atoms. The van der Waals surface area contributed by atoms with Gasteiger partial charge >= 0.3 is 5.97 Å². The van der Waals surface area contributed by atoms with Crippen LogP contribution in [-0.4, -0.2) is 23.3 Å². The Bertz CT molecular complexity index is 771. The Hall–Kier alpha value is -1.71. The molecule has 4 heteroatoms. The van der Waals surface area contributed by atoms with Crippen molar-refractivity contribution >= 4 is 5.97 Å². The zero-order valence-electron chi connectivity index (χ0n) is 24.0. The Balaban J connectivity index is 1.65. The molecular formula is C32H54O4. The monoisotopic (exact) mass is 502 g/mol. The van der Waals surface area contributed by atoms with Gasteiger partial charge in [-0.2, -0.15) is 0 Å². The molecule has 0 aromatic heterocycles. The molecule has 4 nitrogen and oxygen atoms in total. The van der Waals surface area contributed by atoms with Crippen molar-refractivity contribution in [2.45, 2.75) is 149 Å². The summed E-state index contributed by atoms with van der Waals surface area (Å²) in [5.74, 6) is 0.825. The van der Waals surface area contributed by atoms with Crippen molar-refractivity contribution in [3.05, 3.63) is 23.8 Å². The molecule has 1 unspecified atom stereocenters. The summed E-state index contributed by atoms with van der Waals surface area (Å²) < 4.78 is 12.0. The van der Waals surface area contributed by atoms with Gasteiger partial charge in [0.1, 0.15) is 17.1 Å². The highest BCUT2D eigenvalue weighted by Crippen LogP contribution is 2.55. The van der Waals surface area contributed by atoms with Crippen LogP contribution in [0.25, 0.3) is 0 Å². The molecule has 1 aromatic rings. The average molecular weight is 503 g/mol. The van der Waals surface area contributed by atoms with Crippen molar-refractivity contribution in [1.29, 1.82) is 0 Å². The van der Waals surface area contributed by atoms with Crippen molar-refractivity contribution in [1.82, 2.24) is 0 Å². The fourth-order valence-corrected chi connectivity index (χ4v) is 5.62. The van der Waals surface area contributed by atoms with E-state index in [1.807, 2.05) is 18.2 Å². The predicted octanol–water partition coefficient (Wildman–Crippen LogP) is 9.69. The van der Waals surface area contributed by atoms with E-state index in [4.69, 9.17) is 14.6 Å². The zero-order valence-corrected chi connectivity index (χ0v) is 24.0. The van der Waals surface area contributed by atoms with Gasteiger partial charge in [0.25, 0.3) is 0 Å². The molecule has 1 aromatic carbocycles. The fourth-order valence-electron chi connectivity index (χ4n) is 5.62. The van der Waals surface area contributed by atoms with E-state index in [-0.39, 0.29) is 23.5 Å². The van der Waals surface area contributed by atoms with E-state index in [0.717, 1.165) is 17.7 Å². The van der Waals surface area contributed by atoms with Crippen LogP contribution in [0.3, 0.4) is 0 Å². The lowest BCUT2D eigenvalue weighted by atomic mass is 9.62. The van der Waals surface area contributed by atoms with Gasteiger partial charge in [-0.15, -0.1) is 0 Å². The van der Waals surface area contributed by atoms with Crippen molar-refractivity contribution in [2.75, 3.05) is 6.61 Å². The van der Waals surface area contributed by atoms with Gasteiger partial charge in [0.2, 0.25) is 0 Å². The van der Waals surface area contributed by atoms with Crippen LogP contribution in [0.1, 0.15) is 149 Å². The number of aliphatic carboxylic acids is 1. The standard InChI is InChI=1S/C32H54O4/c1-6-7-8-9-10-11-12-13-14-15-16-17-18-19-20-23-32(5)31(3,4)26(2)28-24-27(35-25-30(33)34)21-22-29(28)36-32/h21-22,24,26H,6-20,23,25H2,1-5H3,(H,33,34)/t26?,32-/m1/s1. The van der Waals surface area contributed by atoms with Crippen LogP contribution in [0.5, 0.6) is 11.5 Å². The first-order chi connectivity index (χ1) is 17.2. The van der Waals surface area contributed by atoms with E-state index in [1.54, 1.807) is 0 Å². The number of unbranched alkanes of at least 4 members (excludes halogenated alkanes) is 14. The molecule has 1 N–H and O–H groups in total. The van der Waals surface area contributed by atoms with Gasteiger partial charge in [-0.1, -0.05) is 118 Å². The number of carboxylic acids is 1. The van der Waals surface area contributed by atoms with Crippen molar-refractivity contribution in [3.8, 4) is 11.5 Å². The zero-order chi connectivity index (χ0) is 26.4. The first-order valence-electron chi connectivity index (χ1n) is 14.9. The Morgan fingerprint density at radius 2 is 1.36 bits per heavy atom. The van der Waals surface area contributed by atoms with Gasteiger partial charge in [-0.05, 0) is 43.9 Å². The molecular weight excluding hydrogens is 448 g/mol. The van der Waals surface area contributed by atoms with Gasteiger partial charge in [0, 0.05) is 11.0 Å². The number of carbonyl (C=O) groups is 1. The number of ether oxygens (including phenoxy) is 2. The summed E-state index contributed by atoms with van der Waals surface area (Å²) in [6.45, 7) is 11.1. The van der Waals surface area contributed by atoms with Crippen LogP contribution < -0.4 is 9.47 Å². The van der Waals surface area contributed by atoms with E-state index >= 15 is 0 Å². The number of fused-ring (bicyclic) bond motifs is 1. The summed E-state index contributed by atoms with van der Waals surface area (Å²) in [5, 5.41) is 8.90. The SMILES string of the molecule is CCCCCCCCCCCCCCCCC[C@@]1(C)Oc2ccc(OCC(=O)O)cc2C(C)C1(C)C. The maximum Gasteiger partial charge on any atom is 0.341 e. The quantitative estimate of drug-likeness (QED) is 0.191. The largest absolute Gasteiger partial charge is 0.487 e. The molecule has 1 aliphatic heterocycles. The molecule has 2 atom stereocenters. The van der Waals surface area contributed by atoms with Crippen LogP contribution in [0.4, 0.5) is 0 Å². The van der Waals surface area contributed by atoms with E-state index in [1.165, 1.54) is 96.3 Å². The van der Waals surface area contributed by atoms with Crippen LogP contribution in [-0.2, 0) is 4.79 Å². The number of hydrogen-bond donors (Lipinski definition) is 1. The number of carboxylic acid groups (broad SMARTS) is 1. The molecule has 0 amide bonds.